The van der Waals surface area contributed by atoms with E-state index in [-0.39, 0.29) is 0 Å². The van der Waals surface area contributed by atoms with E-state index in [0.717, 1.165) is 17.1 Å². The van der Waals surface area contributed by atoms with Crippen molar-refractivity contribution in [3.05, 3.63) is 224 Å². The Morgan fingerprint density at radius 3 is 1.43 bits per heavy atom. The Hall–Kier alpha value is -7.26. The lowest BCUT2D eigenvalue weighted by molar-refractivity contribution is 1.28. The molecule has 0 N–H and O–H groups in total. The smallest absolute Gasteiger partial charge is 0.0540 e. The van der Waals surface area contributed by atoms with E-state index < -0.39 is 0 Å². The molecule has 0 bridgehead atoms. The van der Waals surface area contributed by atoms with Gasteiger partial charge < -0.3 is 4.90 Å². The van der Waals surface area contributed by atoms with Gasteiger partial charge in [0, 0.05) is 37.1 Å². The molecule has 0 aliphatic carbocycles. The Bertz CT molecular complexity index is 3270. The van der Waals surface area contributed by atoms with E-state index in [2.05, 4.69) is 229 Å². The Morgan fingerprint density at radius 1 is 0.276 bits per heavy atom. The first kappa shape index (κ1) is 34.0. The van der Waals surface area contributed by atoms with E-state index in [0.29, 0.717) is 0 Å². The molecule has 1 nitrogen and oxygen atoms in total. The van der Waals surface area contributed by atoms with Gasteiger partial charge in [-0.3, -0.25) is 0 Å². The van der Waals surface area contributed by atoms with Crippen molar-refractivity contribution in [3.8, 4) is 44.5 Å². The molecule has 10 aromatic carbocycles. The zero-order chi connectivity index (χ0) is 38.4. The minimum absolute atomic E-state index is 1.10. The zero-order valence-corrected chi connectivity index (χ0v) is 32.5. The molecule has 0 radical (unpaired) electrons. The number of benzene rings is 10. The van der Waals surface area contributed by atoms with Crippen LogP contribution in [0.5, 0.6) is 0 Å². The number of anilines is 3. The Kier molecular flexibility index (Phi) is 8.42. The predicted molar refractivity (Wildman–Crippen MR) is 251 cm³/mol. The number of hydrogen-bond donors (Lipinski definition) is 0. The Labute approximate surface area is 342 Å². The van der Waals surface area contributed by atoms with Gasteiger partial charge in [0.05, 0.1) is 5.69 Å². The minimum atomic E-state index is 1.10. The van der Waals surface area contributed by atoms with Crippen molar-refractivity contribution >= 4 is 70.1 Å². The quantitative estimate of drug-likeness (QED) is 0.157. The summed E-state index contributed by atoms with van der Waals surface area (Å²) < 4.78 is 2.61. The van der Waals surface area contributed by atoms with Crippen LogP contribution in [0.25, 0.3) is 86.2 Å². The third kappa shape index (κ3) is 5.86. The summed E-state index contributed by atoms with van der Waals surface area (Å²) in [5, 5.41) is 7.62. The number of rotatable bonds is 7. The maximum atomic E-state index is 2.43. The van der Waals surface area contributed by atoms with Crippen LogP contribution in [0, 0.1) is 0 Å². The van der Waals surface area contributed by atoms with Crippen molar-refractivity contribution in [2.45, 2.75) is 0 Å². The Balaban J connectivity index is 1.07. The summed E-state index contributed by atoms with van der Waals surface area (Å²) in [5.41, 5.74) is 13.1. The normalized spacial score (nSPS) is 11.4. The summed E-state index contributed by atoms with van der Waals surface area (Å²) >= 11 is 1.86. The van der Waals surface area contributed by atoms with Gasteiger partial charge in [0.2, 0.25) is 0 Å². The SMILES string of the molecule is c1ccc(-c2cccc3ccccc23)c(-c2ccc(N(c3ccc(-c4cccc5ccccc45)cc3)c3ccccc3-c3cccc4sc5ccccc5c34)cc2)c1. The van der Waals surface area contributed by atoms with E-state index in [1.54, 1.807) is 0 Å². The first-order valence-corrected chi connectivity index (χ1v) is 20.7. The highest BCUT2D eigenvalue weighted by Crippen LogP contribution is 2.47. The van der Waals surface area contributed by atoms with Crippen LogP contribution in [0.3, 0.4) is 0 Å². The largest absolute Gasteiger partial charge is 0.310 e. The first-order valence-electron chi connectivity index (χ1n) is 19.8. The second kappa shape index (κ2) is 14.4. The number of hydrogen-bond acceptors (Lipinski definition) is 2. The number of thiophene rings is 1. The predicted octanol–water partition coefficient (Wildman–Crippen LogP) is 16.5. The molecule has 1 aromatic heterocycles. The molecule has 11 aromatic rings. The molecular formula is C56H37NS. The minimum Gasteiger partial charge on any atom is -0.310 e. The van der Waals surface area contributed by atoms with E-state index in [1.165, 1.54) is 86.2 Å². The summed E-state index contributed by atoms with van der Waals surface area (Å²) in [6.45, 7) is 0. The number of nitrogens with zero attached hydrogens (tertiary/aromatic N) is 1. The highest BCUT2D eigenvalue weighted by Gasteiger charge is 2.20. The van der Waals surface area contributed by atoms with Crippen LogP contribution < -0.4 is 4.90 Å². The number of fused-ring (bicyclic) bond motifs is 5. The molecule has 2 heteroatoms. The molecule has 0 aliphatic rings. The first-order chi connectivity index (χ1) is 28.8. The average molecular weight is 756 g/mol. The van der Waals surface area contributed by atoms with Crippen molar-refractivity contribution < 1.29 is 0 Å². The molecule has 1 heterocycles. The van der Waals surface area contributed by atoms with Gasteiger partial charge in [0.15, 0.2) is 0 Å². The third-order valence-corrected chi connectivity index (χ3v) is 12.6. The maximum Gasteiger partial charge on any atom is 0.0540 e. The lowest BCUT2D eigenvalue weighted by atomic mass is 9.91. The van der Waals surface area contributed by atoms with Crippen LogP contribution in [0.1, 0.15) is 0 Å². The summed E-state index contributed by atoms with van der Waals surface area (Å²) in [5.74, 6) is 0. The molecule has 0 atom stereocenters. The lowest BCUT2D eigenvalue weighted by Gasteiger charge is -2.28. The van der Waals surface area contributed by atoms with Crippen molar-refractivity contribution in [2.24, 2.45) is 0 Å². The highest BCUT2D eigenvalue weighted by atomic mass is 32.1. The van der Waals surface area contributed by atoms with Gasteiger partial charge in [0.1, 0.15) is 0 Å². The van der Waals surface area contributed by atoms with Gasteiger partial charge in [-0.25, -0.2) is 0 Å². The van der Waals surface area contributed by atoms with E-state index >= 15 is 0 Å². The zero-order valence-electron chi connectivity index (χ0n) is 31.7. The molecule has 0 fully saturated rings. The molecule has 0 spiro atoms. The van der Waals surface area contributed by atoms with Crippen LogP contribution in [-0.4, -0.2) is 0 Å². The van der Waals surface area contributed by atoms with Gasteiger partial charge in [-0.05, 0) is 103 Å². The third-order valence-electron chi connectivity index (χ3n) is 11.5. The van der Waals surface area contributed by atoms with Gasteiger partial charge in [-0.15, -0.1) is 11.3 Å². The molecule has 58 heavy (non-hydrogen) atoms. The molecule has 272 valence electrons. The second-order valence-electron chi connectivity index (χ2n) is 14.8. The van der Waals surface area contributed by atoms with Crippen molar-refractivity contribution in [3.63, 3.8) is 0 Å². The second-order valence-corrected chi connectivity index (χ2v) is 15.9. The van der Waals surface area contributed by atoms with Crippen LogP contribution in [0.15, 0.2) is 224 Å². The van der Waals surface area contributed by atoms with Crippen LogP contribution in [0.2, 0.25) is 0 Å². The molecular weight excluding hydrogens is 719 g/mol. The summed E-state index contributed by atoms with van der Waals surface area (Å²) in [7, 11) is 0. The van der Waals surface area contributed by atoms with E-state index in [4.69, 9.17) is 0 Å². The van der Waals surface area contributed by atoms with Crippen molar-refractivity contribution in [2.75, 3.05) is 4.90 Å². The lowest BCUT2D eigenvalue weighted by Crippen LogP contribution is -2.11. The fraction of sp³-hybridized carbons (Fsp3) is 0. The Morgan fingerprint density at radius 2 is 0.724 bits per heavy atom. The van der Waals surface area contributed by atoms with Gasteiger partial charge in [0.25, 0.3) is 0 Å². The van der Waals surface area contributed by atoms with Crippen LogP contribution in [-0.2, 0) is 0 Å². The monoisotopic (exact) mass is 755 g/mol. The van der Waals surface area contributed by atoms with Gasteiger partial charge >= 0.3 is 0 Å². The van der Waals surface area contributed by atoms with E-state index in [1.807, 2.05) is 11.3 Å². The topological polar surface area (TPSA) is 3.24 Å². The molecule has 11 rings (SSSR count). The molecule has 0 saturated heterocycles. The summed E-state index contributed by atoms with van der Waals surface area (Å²) in [6.07, 6.45) is 0. The van der Waals surface area contributed by atoms with E-state index in [9.17, 15) is 0 Å². The van der Waals surface area contributed by atoms with Gasteiger partial charge in [-0.2, -0.15) is 0 Å². The molecule has 0 amide bonds. The van der Waals surface area contributed by atoms with Crippen LogP contribution in [0.4, 0.5) is 17.1 Å². The van der Waals surface area contributed by atoms with Gasteiger partial charge in [-0.1, -0.05) is 182 Å². The van der Waals surface area contributed by atoms with Crippen molar-refractivity contribution in [1.29, 1.82) is 0 Å². The standard InChI is InChI=1S/C56H37NS/c1-3-18-44-38(14-1)16-11-24-45(44)40-30-34-42(35-31-40)57(53-27-9-7-22-50(53)51-26-13-29-55-56(51)52-23-8-10-28-54(52)58-55)43-36-32-41(33-37-43)47-20-5-6-21-48(47)49-25-12-17-39-15-2-4-19-46(39)49/h1-37H. The summed E-state index contributed by atoms with van der Waals surface area (Å²) in [4.78, 5) is 2.43. The molecule has 0 unspecified atom stereocenters. The fourth-order valence-electron chi connectivity index (χ4n) is 8.81. The highest BCUT2D eigenvalue weighted by molar-refractivity contribution is 7.25. The maximum absolute atomic E-state index is 2.43. The summed E-state index contributed by atoms with van der Waals surface area (Å²) in [6, 6.07) is 81.9. The average Bonchev–Trinajstić information content (AvgIpc) is 3.69. The fourth-order valence-corrected chi connectivity index (χ4v) is 9.94. The van der Waals surface area contributed by atoms with Crippen molar-refractivity contribution in [1.82, 2.24) is 0 Å². The van der Waals surface area contributed by atoms with Crippen LogP contribution >= 0.6 is 11.3 Å². The number of para-hydroxylation sites is 1. The molecule has 0 saturated carbocycles. The molecule has 0 aliphatic heterocycles.